The molecule has 0 aliphatic carbocycles. The van der Waals surface area contributed by atoms with E-state index in [0.717, 1.165) is 0 Å². The molecule has 15 heteroatoms. The summed E-state index contributed by atoms with van der Waals surface area (Å²) in [5.41, 5.74) is 4.93. The molecule has 12 nitrogen and oxygen atoms in total. The van der Waals surface area contributed by atoms with Gasteiger partial charge in [0, 0.05) is 10.0 Å². The molecule has 3 aromatic rings. The molecule has 0 spiro atoms. The minimum Gasteiger partial charge on any atom is -0.404 e. The number of imidazole rings is 1. The average Bonchev–Trinajstić information content (AvgIpc) is 3.34. The fraction of sp³-hybridized carbons (Fsp3) is 0.350. The Morgan fingerprint density at radius 1 is 1.40 bits per heavy atom. The maximum Gasteiger partial charge on any atom is 0.530 e. The third-order valence-electron chi connectivity index (χ3n) is 5.70. The quantitative estimate of drug-likeness (QED) is 0.385. The molecule has 186 valence electrons. The van der Waals surface area contributed by atoms with Crippen LogP contribution in [0.5, 0.6) is 0 Å². The fourth-order valence-corrected chi connectivity index (χ4v) is 5.50. The number of benzene rings is 1. The number of hydrogen-bond donors (Lipinski definition) is 3. The second kappa shape index (κ2) is 8.89. The van der Waals surface area contributed by atoms with Crippen LogP contribution in [0.4, 0.5) is 10.2 Å². The van der Waals surface area contributed by atoms with Gasteiger partial charge < -0.3 is 25.2 Å². The minimum atomic E-state index is -4.16. The number of hydrogen-bond acceptors (Lipinski definition) is 11. The summed E-state index contributed by atoms with van der Waals surface area (Å²) in [6.45, 7) is 0.801. The molecule has 35 heavy (non-hydrogen) atoms. The molecule has 5 rings (SSSR count). The second-order valence-corrected chi connectivity index (χ2v) is 10.6. The lowest BCUT2D eigenvalue weighted by Gasteiger charge is -2.27. The summed E-state index contributed by atoms with van der Waals surface area (Å²) in [4.78, 5) is 12.1. The monoisotopic (exact) mass is 571 g/mol. The van der Waals surface area contributed by atoms with Crippen LogP contribution in [0.2, 0.25) is 0 Å². The molecule has 2 aromatic heterocycles. The van der Waals surface area contributed by atoms with E-state index in [0.29, 0.717) is 21.2 Å². The lowest BCUT2D eigenvalue weighted by molar-refractivity contribution is -0.0950. The van der Waals surface area contributed by atoms with Crippen molar-refractivity contribution in [3.8, 4) is 0 Å². The first kappa shape index (κ1) is 24.3. The number of rotatable bonds is 5. The summed E-state index contributed by atoms with van der Waals surface area (Å²) in [5, 5.41) is 21.8. The van der Waals surface area contributed by atoms with Crippen molar-refractivity contribution in [2.75, 3.05) is 18.9 Å². The predicted octanol–water partition coefficient (Wildman–Crippen LogP) is 2.53. The van der Waals surface area contributed by atoms with Crippen molar-refractivity contribution in [2.45, 2.75) is 31.0 Å². The van der Waals surface area contributed by atoms with E-state index in [2.05, 4.69) is 30.9 Å². The van der Waals surface area contributed by atoms with Crippen LogP contribution in [-0.4, -0.2) is 60.8 Å². The molecular weight excluding hydrogens is 552 g/mol. The first-order chi connectivity index (χ1) is 16.6. The van der Waals surface area contributed by atoms with Crippen molar-refractivity contribution in [2.24, 2.45) is 0 Å². The molecule has 2 aliphatic rings. The van der Waals surface area contributed by atoms with Gasteiger partial charge in [-0.15, -0.1) is 0 Å². The summed E-state index contributed by atoms with van der Waals surface area (Å²) >= 11 is 3.30. The van der Waals surface area contributed by atoms with Crippen LogP contribution in [0.15, 0.2) is 41.4 Å². The summed E-state index contributed by atoms with van der Waals surface area (Å²) in [7, 11) is -4.16. The molecule has 2 aliphatic heterocycles. The van der Waals surface area contributed by atoms with Crippen LogP contribution in [0.1, 0.15) is 18.7 Å². The maximum atomic E-state index is 13.7. The Hall–Kier alpha value is -2.45. The third-order valence-corrected chi connectivity index (χ3v) is 7.74. The van der Waals surface area contributed by atoms with E-state index >= 15 is 0 Å². The fourth-order valence-electron chi connectivity index (χ4n) is 3.88. The highest BCUT2D eigenvalue weighted by molar-refractivity contribution is 9.10. The molecule has 4 N–H and O–H groups in total. The van der Waals surface area contributed by atoms with Gasteiger partial charge in [-0.2, -0.15) is 0 Å². The van der Waals surface area contributed by atoms with Gasteiger partial charge in [0.05, 0.1) is 19.5 Å². The van der Waals surface area contributed by atoms with Crippen molar-refractivity contribution in [3.05, 3.63) is 52.8 Å². The Morgan fingerprint density at radius 2 is 2.20 bits per heavy atom. The molecule has 1 saturated heterocycles. The van der Waals surface area contributed by atoms with Crippen molar-refractivity contribution in [3.63, 3.8) is 0 Å². The van der Waals surface area contributed by atoms with Gasteiger partial charge >= 0.3 is 7.82 Å². The predicted molar refractivity (Wildman–Crippen MR) is 123 cm³/mol. The molecule has 0 amide bonds. The van der Waals surface area contributed by atoms with E-state index in [1.807, 2.05) is 0 Å². The number of phosphoric acid groups is 1. The molecule has 5 atom stereocenters. The zero-order valence-electron chi connectivity index (χ0n) is 18.1. The summed E-state index contributed by atoms with van der Waals surface area (Å²) in [6, 6.07) is 3.96. The van der Waals surface area contributed by atoms with Crippen molar-refractivity contribution >= 4 is 46.5 Å². The zero-order valence-corrected chi connectivity index (χ0v) is 20.6. The number of fused-ring (bicyclic) bond motifs is 1. The largest absolute Gasteiger partial charge is 0.530 e. The lowest BCUT2D eigenvalue weighted by Crippen LogP contribution is -2.44. The number of nitrogen functional groups attached to an aromatic ring is 1. The third kappa shape index (κ3) is 4.35. The van der Waals surface area contributed by atoms with Gasteiger partial charge in [0.2, 0.25) is 0 Å². The van der Waals surface area contributed by atoms with Crippen LogP contribution < -0.4 is 5.73 Å². The van der Waals surface area contributed by atoms with Gasteiger partial charge in [-0.25, -0.2) is 23.9 Å². The molecule has 0 saturated carbocycles. The van der Waals surface area contributed by atoms with Crippen molar-refractivity contribution in [1.29, 1.82) is 0 Å². The van der Waals surface area contributed by atoms with E-state index in [9.17, 15) is 19.2 Å². The highest BCUT2D eigenvalue weighted by Gasteiger charge is 2.54. The van der Waals surface area contributed by atoms with E-state index in [1.54, 1.807) is 0 Å². The van der Waals surface area contributed by atoms with E-state index in [1.165, 1.54) is 48.4 Å². The standard InChI is InChI=1S/C20H20BrFN5O7P/c1-20(29)16(28)14(33-19(20)27-9-26-15-17(23)24-8-25-18(15)27)7-32-35(30)31-5-4-13(34-35)11-6-10(22)2-3-12(11)21/h2-4,6,8-9,14,16,19,28-29H,5,7H2,1H3,(H2,23,24,25)/t14-,16-,19-,20-,35?/m1/s1. The SMILES string of the molecule is C[C@@]1(O)[C@H](O)[C@@H](COP2(=O)OCC=C(c3cc(F)ccc3Br)O2)O[C@H]1n1cnc2c(N)ncnc21. The van der Waals surface area contributed by atoms with Crippen LogP contribution in [0, 0.1) is 5.82 Å². The number of phosphoric ester groups is 1. The van der Waals surface area contributed by atoms with E-state index in [4.69, 9.17) is 24.0 Å². The summed E-state index contributed by atoms with van der Waals surface area (Å²) in [5.74, 6) is -0.263. The number of anilines is 1. The number of nitrogens with two attached hydrogens (primary N) is 1. The normalized spacial score (nSPS) is 30.9. The van der Waals surface area contributed by atoms with Gasteiger partial charge in [-0.05, 0) is 31.2 Å². The number of nitrogens with zero attached hydrogens (tertiary/aromatic N) is 4. The maximum absolute atomic E-state index is 13.7. The van der Waals surface area contributed by atoms with Crippen molar-refractivity contribution in [1.82, 2.24) is 19.5 Å². The van der Waals surface area contributed by atoms with Crippen LogP contribution in [0.25, 0.3) is 16.9 Å². The minimum absolute atomic E-state index is 0.103. The number of halogens is 2. The zero-order chi connectivity index (χ0) is 25.0. The Labute approximate surface area is 206 Å². The first-order valence-corrected chi connectivity index (χ1v) is 12.6. The van der Waals surface area contributed by atoms with Crippen LogP contribution >= 0.6 is 23.8 Å². The summed E-state index contributed by atoms with van der Waals surface area (Å²) < 4.78 is 50.6. The first-order valence-electron chi connectivity index (χ1n) is 10.3. The number of aromatic nitrogens is 4. The highest BCUT2D eigenvalue weighted by Crippen LogP contribution is 2.56. The Balaban J connectivity index is 1.32. The highest BCUT2D eigenvalue weighted by atomic mass is 79.9. The Kier molecular flexibility index (Phi) is 6.16. The molecule has 4 heterocycles. The number of aliphatic hydroxyl groups excluding tert-OH is 1. The topological polar surface area (TPSA) is 164 Å². The Morgan fingerprint density at radius 3 is 3.00 bits per heavy atom. The molecule has 0 radical (unpaired) electrons. The van der Waals surface area contributed by atoms with Gasteiger partial charge in [-0.1, -0.05) is 15.9 Å². The number of aliphatic hydroxyl groups is 2. The van der Waals surface area contributed by atoms with E-state index in [-0.39, 0.29) is 18.2 Å². The molecule has 1 fully saturated rings. The van der Waals surface area contributed by atoms with Gasteiger partial charge in [0.25, 0.3) is 0 Å². The average molecular weight is 572 g/mol. The lowest BCUT2D eigenvalue weighted by atomic mass is 9.96. The summed E-state index contributed by atoms with van der Waals surface area (Å²) in [6.07, 6.45) is 0.375. The molecule has 0 bridgehead atoms. The Bertz CT molecular complexity index is 1370. The van der Waals surface area contributed by atoms with Crippen LogP contribution in [-0.2, 0) is 22.9 Å². The number of ether oxygens (including phenoxy) is 1. The van der Waals surface area contributed by atoms with Crippen molar-refractivity contribution < 1.29 is 37.5 Å². The van der Waals surface area contributed by atoms with Crippen LogP contribution in [0.3, 0.4) is 0 Å². The van der Waals surface area contributed by atoms with Gasteiger partial charge in [-0.3, -0.25) is 13.6 Å². The molecule has 1 aromatic carbocycles. The van der Waals surface area contributed by atoms with Gasteiger partial charge in [0.15, 0.2) is 17.7 Å². The smallest absolute Gasteiger partial charge is 0.404 e. The van der Waals surface area contributed by atoms with E-state index < -0.39 is 44.3 Å². The second-order valence-electron chi connectivity index (χ2n) is 8.10. The molecule has 1 unspecified atom stereocenters. The molecular formula is C20H20BrFN5O7P. The van der Waals surface area contributed by atoms with Gasteiger partial charge in [0.1, 0.15) is 41.2 Å².